The van der Waals surface area contributed by atoms with Gasteiger partial charge in [-0.3, -0.25) is 0 Å². The van der Waals surface area contributed by atoms with Gasteiger partial charge < -0.3 is 0 Å². The van der Waals surface area contributed by atoms with Crippen LogP contribution in [0, 0.1) is 0 Å². The molecule has 0 radical (unpaired) electrons. The molecule has 0 saturated heterocycles. The lowest BCUT2D eigenvalue weighted by molar-refractivity contribution is 0.862. The molecule has 0 spiro atoms. The lowest BCUT2D eigenvalue weighted by atomic mass is 10.0. The zero-order valence-electron chi connectivity index (χ0n) is 32.7. The molecule has 1 rings (SSSR count). The number of benzene rings is 1. The Balaban J connectivity index is 3.73. The predicted octanol–water partition coefficient (Wildman–Crippen LogP) is 16.0. The molecular formula is C42H82P4. The first-order chi connectivity index (χ1) is 22.5. The summed E-state index contributed by atoms with van der Waals surface area (Å²) >= 11 is 0. The Hall–Kier alpha value is 0.940. The zero-order valence-corrected chi connectivity index (χ0v) is 36.3. The summed E-state index contributed by atoms with van der Waals surface area (Å²) in [5.41, 5.74) is 7.35. The van der Waals surface area contributed by atoms with Crippen molar-refractivity contribution in [2.45, 2.75) is 183 Å². The van der Waals surface area contributed by atoms with Crippen LogP contribution in [-0.2, 0) is 24.6 Å². The minimum absolute atomic E-state index is 0.111. The van der Waals surface area contributed by atoms with Crippen LogP contribution in [0.1, 0.15) is 180 Å². The molecule has 0 nitrogen and oxygen atoms in total. The van der Waals surface area contributed by atoms with Gasteiger partial charge in [0.2, 0.25) is 0 Å². The molecule has 0 aliphatic heterocycles. The van der Waals surface area contributed by atoms with Gasteiger partial charge in [-0.2, -0.15) is 0 Å². The second-order valence-electron chi connectivity index (χ2n) is 14.3. The van der Waals surface area contributed by atoms with Crippen molar-refractivity contribution in [3.05, 3.63) is 34.4 Å². The minimum Gasteiger partial charge on any atom is -0.102 e. The molecule has 0 amide bonds. The summed E-state index contributed by atoms with van der Waals surface area (Å²) in [7, 11) is 0.443. The molecule has 0 heterocycles. The fraction of sp³-hybridized carbons (Fsp3) is 0.857. The van der Waals surface area contributed by atoms with Crippen LogP contribution in [0.2, 0.25) is 0 Å². The highest BCUT2D eigenvalue weighted by molar-refractivity contribution is 7.58. The molecule has 0 atom stereocenters. The Morgan fingerprint density at radius 2 is 0.435 bits per heavy atom. The van der Waals surface area contributed by atoms with E-state index in [-0.39, 0.29) is 31.7 Å². The molecule has 0 N–H and O–H groups in total. The largest absolute Gasteiger partial charge is 0.102 e. The van der Waals surface area contributed by atoms with Crippen molar-refractivity contribution in [2.24, 2.45) is 0 Å². The number of hydrogen-bond donors (Lipinski definition) is 0. The number of unbranched alkanes of at least 4 members (excludes halogenated alkanes) is 8. The maximum absolute atomic E-state index is 2.91. The lowest BCUT2D eigenvalue weighted by Gasteiger charge is -2.27. The SMILES string of the molecule is CCCCP(CCCC)Cc1cc(CP(CCCC)CCCC)c(CP(CCCC)CCCC)cc1CP(CCCC)CCCC. The quantitative estimate of drug-likeness (QED) is 0.0653. The lowest BCUT2D eigenvalue weighted by Crippen LogP contribution is -2.07. The summed E-state index contributed by atoms with van der Waals surface area (Å²) in [6.45, 7) is 19.3. The van der Waals surface area contributed by atoms with E-state index in [2.05, 4.69) is 67.5 Å². The van der Waals surface area contributed by atoms with Gasteiger partial charge in [-0.25, -0.2) is 0 Å². The highest BCUT2D eigenvalue weighted by atomic mass is 31.1. The van der Waals surface area contributed by atoms with Gasteiger partial charge in [0, 0.05) is 0 Å². The van der Waals surface area contributed by atoms with E-state index < -0.39 is 0 Å². The predicted molar refractivity (Wildman–Crippen MR) is 227 cm³/mol. The average molecular weight is 711 g/mol. The summed E-state index contributed by atoms with van der Waals surface area (Å²) in [4.78, 5) is 0. The number of hydrogen-bond acceptors (Lipinski definition) is 0. The van der Waals surface area contributed by atoms with E-state index in [9.17, 15) is 0 Å². The van der Waals surface area contributed by atoms with Gasteiger partial charge in [0.25, 0.3) is 0 Å². The van der Waals surface area contributed by atoms with E-state index in [1.54, 1.807) is 0 Å². The van der Waals surface area contributed by atoms with Crippen molar-refractivity contribution in [1.82, 2.24) is 0 Å². The van der Waals surface area contributed by atoms with Crippen molar-refractivity contribution in [2.75, 3.05) is 49.3 Å². The van der Waals surface area contributed by atoms with Crippen molar-refractivity contribution in [1.29, 1.82) is 0 Å². The van der Waals surface area contributed by atoms with Crippen LogP contribution in [0.4, 0.5) is 0 Å². The smallest absolute Gasteiger partial charge is 0.00701 e. The van der Waals surface area contributed by atoms with Gasteiger partial charge in [-0.05, 0) is 148 Å². The molecule has 4 heteroatoms. The van der Waals surface area contributed by atoms with E-state index in [4.69, 9.17) is 0 Å². The maximum Gasteiger partial charge on any atom is -0.00701 e. The average Bonchev–Trinajstić information content (AvgIpc) is 3.07. The summed E-state index contributed by atoms with van der Waals surface area (Å²) in [5, 5.41) is 0. The van der Waals surface area contributed by atoms with Crippen LogP contribution in [-0.4, -0.2) is 49.3 Å². The van der Waals surface area contributed by atoms with E-state index in [1.807, 2.05) is 22.3 Å². The molecule has 1 aromatic carbocycles. The normalized spacial score (nSPS) is 12.1. The van der Waals surface area contributed by atoms with Crippen molar-refractivity contribution in [3.8, 4) is 0 Å². The Morgan fingerprint density at radius 1 is 0.283 bits per heavy atom. The molecule has 0 aliphatic carbocycles. The molecular weight excluding hydrogens is 628 g/mol. The monoisotopic (exact) mass is 711 g/mol. The van der Waals surface area contributed by atoms with Crippen molar-refractivity contribution >= 4 is 31.7 Å². The van der Waals surface area contributed by atoms with Crippen LogP contribution in [0.15, 0.2) is 12.1 Å². The molecule has 46 heavy (non-hydrogen) atoms. The first-order valence-corrected chi connectivity index (χ1v) is 28.1. The Kier molecular flexibility index (Phi) is 30.0. The fourth-order valence-corrected chi connectivity index (χ4v) is 17.8. The van der Waals surface area contributed by atoms with E-state index in [0.717, 1.165) is 0 Å². The molecule has 0 saturated carbocycles. The molecule has 0 aliphatic rings. The van der Waals surface area contributed by atoms with Gasteiger partial charge in [-0.15, -0.1) is 31.7 Å². The van der Waals surface area contributed by atoms with Crippen LogP contribution < -0.4 is 0 Å². The molecule has 0 bridgehead atoms. The second-order valence-corrected chi connectivity index (χ2v) is 24.5. The Bertz CT molecular complexity index is 662. The topological polar surface area (TPSA) is 0 Å². The van der Waals surface area contributed by atoms with Gasteiger partial charge in [0.05, 0.1) is 0 Å². The van der Waals surface area contributed by atoms with Crippen molar-refractivity contribution < 1.29 is 0 Å². The van der Waals surface area contributed by atoms with E-state index in [0.29, 0.717) is 0 Å². The summed E-state index contributed by atoms with van der Waals surface area (Å²) in [5.74, 6) is 0. The second kappa shape index (κ2) is 30.7. The van der Waals surface area contributed by atoms with Crippen LogP contribution in [0.3, 0.4) is 0 Å². The highest BCUT2D eigenvalue weighted by Crippen LogP contribution is 2.50. The third-order valence-corrected chi connectivity index (χ3v) is 20.5. The Morgan fingerprint density at radius 3 is 0.565 bits per heavy atom. The van der Waals surface area contributed by atoms with Crippen LogP contribution in [0.25, 0.3) is 0 Å². The third-order valence-electron chi connectivity index (χ3n) is 9.72. The van der Waals surface area contributed by atoms with Gasteiger partial charge in [0.1, 0.15) is 0 Å². The van der Waals surface area contributed by atoms with Gasteiger partial charge in [-0.1, -0.05) is 119 Å². The maximum atomic E-state index is 2.91. The fourth-order valence-electron chi connectivity index (χ4n) is 6.48. The molecule has 0 unspecified atom stereocenters. The summed E-state index contributed by atoms with van der Waals surface area (Å²) in [6.07, 6.45) is 40.1. The minimum atomic E-state index is 0.111. The highest BCUT2D eigenvalue weighted by Gasteiger charge is 2.21. The Labute approximate surface area is 297 Å². The molecule has 1 aromatic rings. The first-order valence-electron chi connectivity index (χ1n) is 20.5. The zero-order chi connectivity index (χ0) is 33.8. The van der Waals surface area contributed by atoms with Gasteiger partial charge >= 0.3 is 0 Å². The molecule has 0 fully saturated rings. The van der Waals surface area contributed by atoms with E-state index in [1.165, 1.54) is 177 Å². The summed E-state index contributed by atoms with van der Waals surface area (Å²) < 4.78 is 0. The van der Waals surface area contributed by atoms with Crippen LogP contribution in [0.5, 0.6) is 0 Å². The standard InChI is InChI=1S/C42H82P4/c1-9-17-25-43(26-18-10-2)35-39-33-41(37-45(29-21-13-5)30-22-14-6)42(38-46(31-23-15-7)32-24-16-8)34-40(39)36-44(27-19-11-3)28-20-12-4/h33-34H,9-32,35-38H2,1-8H3. The molecule has 270 valence electrons. The molecule has 0 aromatic heterocycles. The van der Waals surface area contributed by atoms with E-state index >= 15 is 0 Å². The number of rotatable bonds is 32. The third kappa shape index (κ3) is 20.6. The van der Waals surface area contributed by atoms with Gasteiger partial charge in [0.15, 0.2) is 0 Å². The van der Waals surface area contributed by atoms with Crippen molar-refractivity contribution in [3.63, 3.8) is 0 Å². The first kappa shape index (κ1) is 45.0. The summed E-state index contributed by atoms with van der Waals surface area (Å²) in [6, 6.07) is 5.82. The van der Waals surface area contributed by atoms with Crippen LogP contribution >= 0.6 is 31.7 Å².